The van der Waals surface area contributed by atoms with Gasteiger partial charge in [-0.3, -0.25) is 14.9 Å². The first-order chi connectivity index (χ1) is 9.16. The fraction of sp³-hybridized carbons (Fsp3) is 0.462. The van der Waals surface area contributed by atoms with Crippen LogP contribution in [0.25, 0.3) is 0 Å². The van der Waals surface area contributed by atoms with Crippen molar-refractivity contribution in [2.24, 2.45) is 0 Å². The number of benzene rings is 1. The summed E-state index contributed by atoms with van der Waals surface area (Å²) >= 11 is 1.62. The Bertz CT molecular complexity index is 471. The minimum atomic E-state index is -0.484. The summed E-state index contributed by atoms with van der Waals surface area (Å²) in [5, 5.41) is 11.1. The number of carbonyl (C=O) groups excluding carboxylic acids is 1. The van der Waals surface area contributed by atoms with Gasteiger partial charge in [0.25, 0.3) is 5.69 Å². The van der Waals surface area contributed by atoms with Crippen molar-refractivity contribution in [3.05, 3.63) is 39.9 Å². The van der Waals surface area contributed by atoms with Gasteiger partial charge in [-0.15, -0.1) is 0 Å². The zero-order valence-corrected chi connectivity index (χ0v) is 11.2. The van der Waals surface area contributed by atoms with Crippen LogP contribution in [0.4, 0.5) is 5.69 Å². The van der Waals surface area contributed by atoms with Crippen LogP contribution in [0.15, 0.2) is 24.3 Å². The van der Waals surface area contributed by atoms with E-state index < -0.39 is 4.92 Å². The smallest absolute Gasteiger partial charge is 0.270 e. The van der Waals surface area contributed by atoms with Crippen molar-refractivity contribution in [1.29, 1.82) is 0 Å². The Hall–Kier alpha value is -1.40. The van der Waals surface area contributed by atoms with Crippen molar-refractivity contribution in [2.75, 3.05) is 19.0 Å². The lowest BCUT2D eigenvalue weighted by Crippen LogP contribution is -2.19. The molecule has 1 aliphatic heterocycles. The number of ether oxygens (including phenoxy) is 1. The molecule has 0 aliphatic carbocycles. The maximum Gasteiger partial charge on any atom is 0.270 e. The predicted octanol–water partition coefficient (Wildman–Crippen LogP) is 2.69. The molecule has 1 saturated heterocycles. The van der Waals surface area contributed by atoms with Gasteiger partial charge in [0.05, 0.1) is 10.7 Å². The molecule has 0 unspecified atom stereocenters. The van der Waals surface area contributed by atoms with Gasteiger partial charge in [0.1, 0.15) is 0 Å². The van der Waals surface area contributed by atoms with Crippen LogP contribution in [0.3, 0.4) is 0 Å². The molecule has 0 saturated carbocycles. The van der Waals surface area contributed by atoms with Crippen molar-refractivity contribution < 1.29 is 14.5 Å². The van der Waals surface area contributed by atoms with Crippen LogP contribution in [0.5, 0.6) is 0 Å². The standard InChI is InChI=1S/C13H15NO4S/c15-13(9-19-12-4-6-18-7-5-12)10-2-1-3-11(8-10)14(16)17/h1-3,8,12H,4-7,9H2. The molecule has 19 heavy (non-hydrogen) atoms. The van der Waals surface area contributed by atoms with Crippen LogP contribution in [-0.4, -0.2) is 34.9 Å². The highest BCUT2D eigenvalue weighted by Crippen LogP contribution is 2.23. The maximum absolute atomic E-state index is 12.0. The molecule has 2 rings (SSSR count). The van der Waals surface area contributed by atoms with E-state index in [-0.39, 0.29) is 11.5 Å². The molecule has 1 aromatic carbocycles. The molecule has 0 bridgehead atoms. The van der Waals surface area contributed by atoms with E-state index in [9.17, 15) is 14.9 Å². The van der Waals surface area contributed by atoms with Gasteiger partial charge in [-0.1, -0.05) is 12.1 Å². The second-order valence-electron chi connectivity index (χ2n) is 4.35. The zero-order chi connectivity index (χ0) is 13.7. The second-order valence-corrected chi connectivity index (χ2v) is 5.64. The molecule has 0 atom stereocenters. The van der Waals surface area contributed by atoms with E-state index in [0.717, 1.165) is 26.1 Å². The molecular formula is C13H15NO4S. The maximum atomic E-state index is 12.0. The first-order valence-corrected chi connectivity index (χ1v) is 7.18. The topological polar surface area (TPSA) is 69.4 Å². The zero-order valence-electron chi connectivity index (χ0n) is 10.4. The van der Waals surface area contributed by atoms with Crippen LogP contribution in [0.2, 0.25) is 0 Å². The third kappa shape index (κ3) is 4.04. The fourth-order valence-electron chi connectivity index (χ4n) is 1.91. The molecule has 6 heteroatoms. The number of Topliss-reactive ketones (excluding diaryl/α,β-unsaturated/α-hetero) is 1. The largest absolute Gasteiger partial charge is 0.381 e. The highest BCUT2D eigenvalue weighted by Gasteiger charge is 2.17. The SMILES string of the molecule is O=C(CSC1CCOCC1)c1cccc([N+](=O)[O-])c1. The van der Waals surface area contributed by atoms with E-state index in [2.05, 4.69) is 0 Å². The molecule has 1 fully saturated rings. The van der Waals surface area contributed by atoms with Crippen LogP contribution < -0.4 is 0 Å². The monoisotopic (exact) mass is 281 g/mol. The summed E-state index contributed by atoms with van der Waals surface area (Å²) in [5.74, 6) is 0.312. The van der Waals surface area contributed by atoms with Crippen molar-refractivity contribution in [3.63, 3.8) is 0 Å². The lowest BCUT2D eigenvalue weighted by Gasteiger charge is -2.20. The highest BCUT2D eigenvalue weighted by molar-refractivity contribution is 8.00. The fourth-order valence-corrected chi connectivity index (χ4v) is 2.99. The van der Waals surface area contributed by atoms with E-state index in [0.29, 0.717) is 16.6 Å². The van der Waals surface area contributed by atoms with Crippen LogP contribution >= 0.6 is 11.8 Å². The normalized spacial score (nSPS) is 16.2. The van der Waals surface area contributed by atoms with Gasteiger partial charge in [0.2, 0.25) is 0 Å². The summed E-state index contributed by atoms with van der Waals surface area (Å²) in [4.78, 5) is 22.2. The number of ketones is 1. The first kappa shape index (κ1) is 14.0. The number of nitrogens with zero attached hydrogens (tertiary/aromatic N) is 1. The van der Waals surface area contributed by atoms with Crippen molar-refractivity contribution in [3.8, 4) is 0 Å². The van der Waals surface area contributed by atoms with E-state index >= 15 is 0 Å². The average molecular weight is 281 g/mol. The molecule has 0 N–H and O–H groups in total. The molecule has 5 nitrogen and oxygen atoms in total. The van der Waals surface area contributed by atoms with Crippen molar-refractivity contribution in [2.45, 2.75) is 18.1 Å². The van der Waals surface area contributed by atoms with E-state index in [1.54, 1.807) is 23.9 Å². The lowest BCUT2D eigenvalue weighted by atomic mass is 10.1. The molecule has 102 valence electrons. The van der Waals surface area contributed by atoms with Gasteiger partial charge in [0, 0.05) is 36.2 Å². The van der Waals surface area contributed by atoms with Gasteiger partial charge >= 0.3 is 0 Å². The number of nitro benzene ring substituents is 1. The highest BCUT2D eigenvalue weighted by atomic mass is 32.2. The first-order valence-electron chi connectivity index (χ1n) is 6.14. The number of non-ortho nitro benzene ring substituents is 1. The van der Waals surface area contributed by atoms with Crippen LogP contribution in [0.1, 0.15) is 23.2 Å². The number of hydrogen-bond acceptors (Lipinski definition) is 5. The second kappa shape index (κ2) is 6.68. The summed E-state index contributed by atoms with van der Waals surface area (Å²) in [7, 11) is 0. The van der Waals surface area contributed by atoms with Gasteiger partial charge in [-0.25, -0.2) is 0 Å². The molecule has 0 radical (unpaired) electrons. The van der Waals surface area contributed by atoms with E-state index in [4.69, 9.17) is 4.74 Å². The number of carbonyl (C=O) groups is 1. The Morgan fingerprint density at radius 1 is 1.42 bits per heavy atom. The number of rotatable bonds is 5. The molecule has 0 amide bonds. The number of hydrogen-bond donors (Lipinski definition) is 0. The Morgan fingerprint density at radius 3 is 2.84 bits per heavy atom. The van der Waals surface area contributed by atoms with Crippen molar-refractivity contribution >= 4 is 23.2 Å². The molecule has 1 heterocycles. The Kier molecular flexibility index (Phi) is 4.93. The van der Waals surface area contributed by atoms with Gasteiger partial charge in [0.15, 0.2) is 5.78 Å². The molecule has 0 aromatic heterocycles. The van der Waals surface area contributed by atoms with Crippen molar-refractivity contribution in [1.82, 2.24) is 0 Å². The minimum absolute atomic E-state index is 0.0399. The summed E-state index contributed by atoms with van der Waals surface area (Å²) in [6, 6.07) is 5.90. The van der Waals surface area contributed by atoms with Crippen LogP contribution in [-0.2, 0) is 4.74 Å². The Balaban J connectivity index is 1.92. The molecule has 1 aromatic rings. The Morgan fingerprint density at radius 2 is 2.16 bits per heavy atom. The number of nitro groups is 1. The van der Waals surface area contributed by atoms with E-state index in [1.165, 1.54) is 12.1 Å². The van der Waals surface area contributed by atoms with Gasteiger partial charge < -0.3 is 4.74 Å². The van der Waals surface area contributed by atoms with Crippen LogP contribution in [0, 0.1) is 10.1 Å². The molecular weight excluding hydrogens is 266 g/mol. The van der Waals surface area contributed by atoms with E-state index in [1.807, 2.05) is 0 Å². The minimum Gasteiger partial charge on any atom is -0.381 e. The van der Waals surface area contributed by atoms with Gasteiger partial charge in [-0.05, 0) is 12.8 Å². The average Bonchev–Trinajstić information content (AvgIpc) is 2.46. The quantitative estimate of drug-likeness (QED) is 0.471. The summed E-state index contributed by atoms with van der Waals surface area (Å²) in [6.45, 7) is 1.51. The lowest BCUT2D eigenvalue weighted by molar-refractivity contribution is -0.384. The Labute approximate surface area is 115 Å². The number of thioether (sulfide) groups is 1. The summed E-state index contributed by atoms with van der Waals surface area (Å²) in [6.07, 6.45) is 1.93. The molecule has 0 spiro atoms. The summed E-state index contributed by atoms with van der Waals surface area (Å²) in [5.41, 5.74) is 0.371. The third-order valence-corrected chi connectivity index (χ3v) is 4.37. The predicted molar refractivity (Wildman–Crippen MR) is 73.7 cm³/mol. The molecule has 1 aliphatic rings. The van der Waals surface area contributed by atoms with Gasteiger partial charge in [-0.2, -0.15) is 11.8 Å². The third-order valence-electron chi connectivity index (χ3n) is 3.00. The summed E-state index contributed by atoms with van der Waals surface area (Å²) < 4.78 is 5.26.